The van der Waals surface area contributed by atoms with Crippen LogP contribution in [-0.2, 0) is 24.0 Å². The fourth-order valence-electron chi connectivity index (χ4n) is 4.26. The zero-order valence-corrected chi connectivity index (χ0v) is 19.4. The van der Waals surface area contributed by atoms with Crippen LogP contribution in [0, 0.1) is 0 Å². The van der Waals surface area contributed by atoms with Crippen LogP contribution >= 0.6 is 0 Å². The third-order valence-corrected chi connectivity index (χ3v) is 6.00. The molecule has 38 heavy (non-hydrogen) atoms. The average molecular weight is 542 g/mol. The minimum absolute atomic E-state index is 0.0179. The Kier molecular flexibility index (Phi) is 8.02. The van der Waals surface area contributed by atoms with Crippen molar-refractivity contribution in [3.05, 3.63) is 29.3 Å². The van der Waals surface area contributed by atoms with Crippen molar-refractivity contribution in [3.8, 4) is 0 Å². The van der Waals surface area contributed by atoms with Gasteiger partial charge in [0.05, 0.1) is 17.7 Å². The first-order chi connectivity index (χ1) is 17.7. The number of piperidine rings is 1. The van der Waals surface area contributed by atoms with Gasteiger partial charge in [-0.2, -0.15) is 13.2 Å². The molecule has 1 aromatic rings. The number of alkyl halides is 3. The number of fused-ring (bicyclic) bond motifs is 1. The van der Waals surface area contributed by atoms with Crippen molar-refractivity contribution in [2.75, 3.05) is 18.4 Å². The van der Waals surface area contributed by atoms with Crippen molar-refractivity contribution in [2.24, 2.45) is 0 Å². The number of carbonyl (C=O) groups excluding carboxylic acids is 5. The zero-order valence-electron chi connectivity index (χ0n) is 19.4. The third-order valence-electron chi connectivity index (χ3n) is 6.00. The van der Waals surface area contributed by atoms with E-state index in [-0.39, 0.29) is 36.2 Å². The maximum atomic E-state index is 13.0. The average Bonchev–Trinajstić information content (AvgIpc) is 3.42. The normalized spacial score (nSPS) is 20.9. The quantitative estimate of drug-likeness (QED) is 0.374. The molecular weight excluding hydrogens is 521 g/mol. The van der Waals surface area contributed by atoms with Crippen LogP contribution in [0.4, 0.5) is 18.9 Å². The van der Waals surface area contributed by atoms with Gasteiger partial charge in [0, 0.05) is 18.7 Å². The Morgan fingerprint density at radius 2 is 1.71 bits per heavy atom. The summed E-state index contributed by atoms with van der Waals surface area (Å²) in [5.74, 6) is -6.74. The number of nitrogens with zero attached hydrogens (tertiary/aromatic N) is 2. The molecule has 0 spiro atoms. The first kappa shape index (κ1) is 28.1. The Labute approximate surface area is 211 Å². The number of rotatable bonds is 5. The summed E-state index contributed by atoms with van der Waals surface area (Å²) in [4.78, 5) is 84.3. The van der Waals surface area contributed by atoms with E-state index in [1.807, 2.05) is 0 Å². The van der Waals surface area contributed by atoms with Gasteiger partial charge in [-0.15, -0.1) is 0 Å². The maximum Gasteiger partial charge on any atom is 0.490 e. The van der Waals surface area contributed by atoms with Gasteiger partial charge in [0.25, 0.3) is 11.8 Å². The van der Waals surface area contributed by atoms with E-state index in [0.717, 1.165) is 4.90 Å². The molecule has 4 N–H and O–H groups in total. The number of carboxylic acid groups (broad SMARTS) is 2. The highest BCUT2D eigenvalue weighted by molar-refractivity contribution is 6.25. The number of aliphatic carboxylic acids is 2. The number of hydrogen-bond donors (Lipinski definition) is 4. The van der Waals surface area contributed by atoms with Crippen molar-refractivity contribution < 1.29 is 56.9 Å². The Balaban J connectivity index is 0.000000505. The highest BCUT2D eigenvalue weighted by Gasteiger charge is 2.45. The standard InChI is InChI=1S/C20H20N4O7.C2HF3O2/c25-14-7-6-12(17(27)22-14)24-18(28)10-3-1-4-11(16(10)19(24)29)21-9-15(26)23-8-2-5-13(23)20(30)31;3-2(4,5)1(6)7/h1,3-4,12-13,21H,2,5-9H2,(H,30,31)(H,22,25,27);(H,6,7)/t12?,13-;/m0./s1. The number of imide groups is 2. The summed E-state index contributed by atoms with van der Waals surface area (Å²) in [5.41, 5.74) is 0.378. The van der Waals surface area contributed by atoms with E-state index in [4.69, 9.17) is 9.90 Å². The molecule has 13 nitrogen and oxygen atoms in total. The Bertz CT molecular complexity index is 1220. The molecule has 3 heterocycles. The van der Waals surface area contributed by atoms with Crippen LogP contribution < -0.4 is 10.6 Å². The Morgan fingerprint density at radius 1 is 1.05 bits per heavy atom. The second-order valence-corrected chi connectivity index (χ2v) is 8.42. The summed E-state index contributed by atoms with van der Waals surface area (Å²) in [7, 11) is 0. The number of halogens is 3. The summed E-state index contributed by atoms with van der Waals surface area (Å²) in [6.45, 7) is 0.0885. The highest BCUT2D eigenvalue weighted by atomic mass is 19.4. The monoisotopic (exact) mass is 542 g/mol. The number of carboxylic acids is 2. The van der Waals surface area contributed by atoms with Crippen LogP contribution in [0.25, 0.3) is 0 Å². The molecule has 5 amide bonds. The van der Waals surface area contributed by atoms with Crippen molar-refractivity contribution in [3.63, 3.8) is 0 Å². The van der Waals surface area contributed by atoms with Crippen LogP contribution in [0.15, 0.2) is 18.2 Å². The van der Waals surface area contributed by atoms with E-state index in [1.165, 1.54) is 17.0 Å². The molecule has 3 aliphatic heterocycles. The number of benzene rings is 1. The largest absolute Gasteiger partial charge is 0.490 e. The number of anilines is 1. The number of likely N-dealkylation sites (tertiary alicyclic amines) is 1. The second-order valence-electron chi connectivity index (χ2n) is 8.42. The van der Waals surface area contributed by atoms with E-state index in [1.54, 1.807) is 6.07 Å². The number of nitrogens with one attached hydrogen (secondary N) is 2. The summed E-state index contributed by atoms with van der Waals surface area (Å²) >= 11 is 0. The molecule has 0 aliphatic carbocycles. The molecular formula is C22H21F3N4O9. The molecule has 0 radical (unpaired) electrons. The highest BCUT2D eigenvalue weighted by Crippen LogP contribution is 2.32. The third kappa shape index (κ3) is 5.73. The summed E-state index contributed by atoms with van der Waals surface area (Å²) in [6.07, 6.45) is -4.04. The SMILES string of the molecule is O=C(O)C(F)(F)F.O=C1CCC(N2C(=O)c3cccc(NCC(=O)N4CCC[C@H]4C(=O)O)c3C2=O)C(=O)N1. The molecule has 204 valence electrons. The van der Waals surface area contributed by atoms with Crippen LogP contribution in [0.5, 0.6) is 0 Å². The number of carbonyl (C=O) groups is 7. The van der Waals surface area contributed by atoms with Crippen molar-refractivity contribution in [1.82, 2.24) is 15.1 Å². The van der Waals surface area contributed by atoms with Gasteiger partial charge in [0.2, 0.25) is 17.7 Å². The van der Waals surface area contributed by atoms with Crippen LogP contribution in [0.3, 0.4) is 0 Å². The first-order valence-corrected chi connectivity index (χ1v) is 11.1. The fraction of sp³-hybridized carbons (Fsp3) is 0.409. The number of hydrogen-bond acceptors (Lipinski definition) is 8. The predicted octanol–water partition coefficient (Wildman–Crippen LogP) is 0.209. The van der Waals surface area contributed by atoms with E-state index in [0.29, 0.717) is 19.4 Å². The topological polar surface area (TPSA) is 190 Å². The maximum absolute atomic E-state index is 13.0. The zero-order chi connectivity index (χ0) is 28.4. The van der Waals surface area contributed by atoms with Gasteiger partial charge >= 0.3 is 18.1 Å². The van der Waals surface area contributed by atoms with Crippen molar-refractivity contribution in [1.29, 1.82) is 0 Å². The predicted molar refractivity (Wildman–Crippen MR) is 118 cm³/mol. The summed E-state index contributed by atoms with van der Waals surface area (Å²) < 4.78 is 31.7. The molecule has 0 bridgehead atoms. The molecule has 1 unspecified atom stereocenters. The molecule has 2 saturated heterocycles. The van der Waals surface area contributed by atoms with Crippen LogP contribution in [0.1, 0.15) is 46.4 Å². The summed E-state index contributed by atoms with van der Waals surface area (Å²) in [6, 6.07) is 2.57. The van der Waals surface area contributed by atoms with Gasteiger partial charge in [-0.1, -0.05) is 6.07 Å². The molecule has 0 saturated carbocycles. The molecule has 2 atom stereocenters. The van der Waals surface area contributed by atoms with Crippen LogP contribution in [0.2, 0.25) is 0 Å². The van der Waals surface area contributed by atoms with Crippen molar-refractivity contribution >= 4 is 47.2 Å². The lowest BCUT2D eigenvalue weighted by molar-refractivity contribution is -0.192. The lowest BCUT2D eigenvalue weighted by Crippen LogP contribution is -2.54. The Hall–Kier alpha value is -4.50. The summed E-state index contributed by atoms with van der Waals surface area (Å²) in [5, 5.41) is 21.3. The first-order valence-electron chi connectivity index (χ1n) is 11.1. The van der Waals surface area contributed by atoms with Gasteiger partial charge in [0.15, 0.2) is 0 Å². The molecule has 3 aliphatic rings. The minimum atomic E-state index is -5.08. The molecule has 16 heteroatoms. The second kappa shape index (κ2) is 10.9. The van der Waals surface area contributed by atoms with E-state index >= 15 is 0 Å². The molecule has 2 fully saturated rings. The van der Waals surface area contributed by atoms with Gasteiger partial charge < -0.3 is 20.4 Å². The molecule has 0 aromatic heterocycles. The molecule has 1 aromatic carbocycles. The number of amides is 5. The van der Waals surface area contributed by atoms with Gasteiger partial charge in [-0.05, 0) is 31.4 Å². The smallest absolute Gasteiger partial charge is 0.480 e. The van der Waals surface area contributed by atoms with Crippen LogP contribution in [-0.4, -0.2) is 92.8 Å². The molecule has 4 rings (SSSR count). The van der Waals surface area contributed by atoms with Gasteiger partial charge in [-0.25, -0.2) is 9.59 Å². The van der Waals surface area contributed by atoms with E-state index in [2.05, 4.69) is 10.6 Å². The van der Waals surface area contributed by atoms with E-state index < -0.39 is 59.7 Å². The minimum Gasteiger partial charge on any atom is -0.480 e. The van der Waals surface area contributed by atoms with Gasteiger partial charge in [-0.3, -0.25) is 34.2 Å². The fourth-order valence-corrected chi connectivity index (χ4v) is 4.26. The lowest BCUT2D eigenvalue weighted by atomic mass is 10.0. The Morgan fingerprint density at radius 3 is 2.29 bits per heavy atom. The van der Waals surface area contributed by atoms with Crippen molar-refractivity contribution in [2.45, 2.75) is 43.9 Å². The van der Waals surface area contributed by atoms with E-state index in [9.17, 15) is 47.0 Å². The van der Waals surface area contributed by atoms with Gasteiger partial charge in [0.1, 0.15) is 12.1 Å². The lowest BCUT2D eigenvalue weighted by Gasteiger charge is -2.27.